The van der Waals surface area contributed by atoms with Crippen molar-refractivity contribution in [1.29, 1.82) is 0 Å². The van der Waals surface area contributed by atoms with Crippen LogP contribution < -0.4 is 10.1 Å². The van der Waals surface area contributed by atoms with E-state index in [1.54, 1.807) is 30.3 Å². The lowest BCUT2D eigenvalue weighted by Crippen LogP contribution is -2.13. The molecule has 2 N–H and O–H groups in total. The molecule has 0 saturated heterocycles. The number of ether oxygens (including phenoxy) is 1. The summed E-state index contributed by atoms with van der Waals surface area (Å²) >= 11 is 6.48. The van der Waals surface area contributed by atoms with Gasteiger partial charge >= 0.3 is 0 Å². The lowest BCUT2D eigenvalue weighted by molar-refractivity contribution is 0.102. The summed E-state index contributed by atoms with van der Waals surface area (Å²) < 4.78 is 6.72. The second-order valence-electron chi connectivity index (χ2n) is 5.11. The normalized spacial score (nSPS) is 11.8. The Morgan fingerprint density at radius 1 is 1.26 bits per heavy atom. The molecule has 122 valence electrons. The molecule has 2 rings (SSSR count). The minimum atomic E-state index is -0.246. The van der Waals surface area contributed by atoms with Gasteiger partial charge in [-0.15, -0.1) is 0 Å². The SMILES string of the molecule is CCC(C)Oc1cccc(C(=O)Nc2cc(Br)c(O)c(Br)c2)c1. The van der Waals surface area contributed by atoms with Gasteiger partial charge in [0.1, 0.15) is 11.5 Å². The van der Waals surface area contributed by atoms with Gasteiger partial charge in [0, 0.05) is 11.3 Å². The van der Waals surface area contributed by atoms with E-state index in [-0.39, 0.29) is 17.8 Å². The van der Waals surface area contributed by atoms with E-state index in [1.807, 2.05) is 19.9 Å². The third kappa shape index (κ3) is 4.72. The maximum absolute atomic E-state index is 12.4. The number of amides is 1. The van der Waals surface area contributed by atoms with Crippen LogP contribution in [-0.4, -0.2) is 17.1 Å². The molecule has 4 nitrogen and oxygen atoms in total. The number of nitrogens with one attached hydrogen (secondary N) is 1. The Morgan fingerprint density at radius 2 is 1.91 bits per heavy atom. The standard InChI is InChI=1S/C17H17Br2NO3/c1-3-10(2)23-13-6-4-5-11(7-13)17(22)20-12-8-14(18)16(21)15(19)9-12/h4-10,21H,3H2,1-2H3,(H,20,22). The monoisotopic (exact) mass is 441 g/mol. The maximum Gasteiger partial charge on any atom is 0.255 e. The van der Waals surface area contributed by atoms with Gasteiger partial charge in [0.05, 0.1) is 15.0 Å². The summed E-state index contributed by atoms with van der Waals surface area (Å²) in [6, 6.07) is 10.3. The van der Waals surface area contributed by atoms with Crippen molar-refractivity contribution in [2.24, 2.45) is 0 Å². The number of carbonyl (C=O) groups is 1. The molecule has 2 aromatic carbocycles. The summed E-state index contributed by atoms with van der Waals surface area (Å²) in [5.41, 5.74) is 1.07. The van der Waals surface area contributed by atoms with Crippen molar-refractivity contribution in [2.45, 2.75) is 26.4 Å². The molecule has 0 spiro atoms. The number of phenols is 1. The first-order valence-electron chi connectivity index (χ1n) is 7.16. The van der Waals surface area contributed by atoms with Crippen LogP contribution in [0.25, 0.3) is 0 Å². The Hall–Kier alpha value is -1.53. The average Bonchev–Trinajstić information content (AvgIpc) is 2.52. The number of aromatic hydroxyl groups is 1. The Bertz CT molecular complexity index is 696. The zero-order valence-electron chi connectivity index (χ0n) is 12.8. The van der Waals surface area contributed by atoms with Crippen molar-refractivity contribution >= 4 is 43.5 Å². The first-order chi connectivity index (χ1) is 10.9. The lowest BCUT2D eigenvalue weighted by atomic mass is 10.2. The van der Waals surface area contributed by atoms with Crippen LogP contribution in [-0.2, 0) is 0 Å². The summed E-state index contributed by atoms with van der Waals surface area (Å²) in [6.45, 7) is 4.03. The van der Waals surface area contributed by atoms with Crippen molar-refractivity contribution in [2.75, 3.05) is 5.32 Å². The fourth-order valence-electron chi connectivity index (χ4n) is 1.87. The molecule has 0 aliphatic carbocycles. The fourth-order valence-corrected chi connectivity index (χ4v) is 3.05. The van der Waals surface area contributed by atoms with Gasteiger partial charge in [-0.05, 0) is 75.5 Å². The molecule has 2 aromatic rings. The Kier molecular flexibility index (Phi) is 6.07. The molecular formula is C17H17Br2NO3. The molecule has 0 heterocycles. The minimum Gasteiger partial charge on any atom is -0.506 e. The Balaban J connectivity index is 2.16. The highest BCUT2D eigenvalue weighted by Crippen LogP contribution is 2.35. The van der Waals surface area contributed by atoms with Crippen LogP contribution in [0.15, 0.2) is 45.3 Å². The second kappa shape index (κ2) is 7.84. The van der Waals surface area contributed by atoms with Crippen LogP contribution in [0, 0.1) is 0 Å². The Labute approximate surface area is 152 Å². The van der Waals surface area contributed by atoms with Gasteiger partial charge < -0.3 is 15.2 Å². The van der Waals surface area contributed by atoms with Crippen LogP contribution >= 0.6 is 31.9 Å². The summed E-state index contributed by atoms with van der Waals surface area (Å²) in [6.07, 6.45) is 0.990. The highest BCUT2D eigenvalue weighted by molar-refractivity contribution is 9.11. The van der Waals surface area contributed by atoms with Crippen LogP contribution in [0.1, 0.15) is 30.6 Å². The first-order valence-corrected chi connectivity index (χ1v) is 8.75. The van der Waals surface area contributed by atoms with E-state index in [0.29, 0.717) is 25.9 Å². The van der Waals surface area contributed by atoms with E-state index in [2.05, 4.69) is 37.2 Å². The molecule has 23 heavy (non-hydrogen) atoms. The molecule has 1 atom stereocenters. The van der Waals surface area contributed by atoms with E-state index >= 15 is 0 Å². The van der Waals surface area contributed by atoms with Crippen molar-refractivity contribution in [3.8, 4) is 11.5 Å². The van der Waals surface area contributed by atoms with Crippen LogP contribution in [0.3, 0.4) is 0 Å². The average molecular weight is 443 g/mol. The van der Waals surface area contributed by atoms with Gasteiger partial charge in [0.15, 0.2) is 0 Å². The van der Waals surface area contributed by atoms with Gasteiger partial charge in [0.2, 0.25) is 0 Å². The predicted molar refractivity (Wildman–Crippen MR) is 98.3 cm³/mol. The first kappa shape index (κ1) is 17.8. The zero-order chi connectivity index (χ0) is 17.0. The number of halogens is 2. The third-order valence-corrected chi connectivity index (χ3v) is 4.49. The predicted octanol–water partition coefficient (Wildman–Crippen LogP) is 5.35. The molecule has 1 amide bonds. The molecular weight excluding hydrogens is 426 g/mol. The van der Waals surface area contributed by atoms with E-state index in [0.717, 1.165) is 6.42 Å². The molecule has 0 bridgehead atoms. The van der Waals surface area contributed by atoms with E-state index in [9.17, 15) is 9.90 Å². The molecule has 0 aliphatic rings. The highest BCUT2D eigenvalue weighted by atomic mass is 79.9. The molecule has 0 radical (unpaired) electrons. The molecule has 0 aromatic heterocycles. The van der Waals surface area contributed by atoms with Crippen molar-refractivity contribution in [3.63, 3.8) is 0 Å². The van der Waals surface area contributed by atoms with Gasteiger partial charge in [0.25, 0.3) is 5.91 Å². The number of rotatable bonds is 5. The molecule has 6 heteroatoms. The largest absolute Gasteiger partial charge is 0.506 e. The number of hydrogen-bond acceptors (Lipinski definition) is 3. The summed E-state index contributed by atoms with van der Waals surface area (Å²) in [4.78, 5) is 12.4. The van der Waals surface area contributed by atoms with Gasteiger partial charge in [-0.1, -0.05) is 13.0 Å². The summed E-state index contributed by atoms with van der Waals surface area (Å²) in [5, 5.41) is 12.5. The molecule has 0 aliphatic heterocycles. The fraction of sp³-hybridized carbons (Fsp3) is 0.235. The quantitative estimate of drug-likeness (QED) is 0.613. The van der Waals surface area contributed by atoms with Gasteiger partial charge in [-0.25, -0.2) is 0 Å². The van der Waals surface area contributed by atoms with Gasteiger partial charge in [-0.3, -0.25) is 4.79 Å². The third-order valence-electron chi connectivity index (χ3n) is 3.28. The number of anilines is 1. The van der Waals surface area contributed by atoms with E-state index in [1.165, 1.54) is 0 Å². The minimum absolute atomic E-state index is 0.0898. The smallest absolute Gasteiger partial charge is 0.255 e. The molecule has 1 unspecified atom stereocenters. The number of benzene rings is 2. The lowest BCUT2D eigenvalue weighted by Gasteiger charge is -2.13. The molecule has 0 fully saturated rings. The summed E-state index contributed by atoms with van der Waals surface area (Å²) in [5.74, 6) is 0.510. The van der Waals surface area contributed by atoms with Crippen molar-refractivity contribution < 1.29 is 14.6 Å². The van der Waals surface area contributed by atoms with Crippen LogP contribution in [0.5, 0.6) is 11.5 Å². The molecule has 0 saturated carbocycles. The van der Waals surface area contributed by atoms with E-state index in [4.69, 9.17) is 4.74 Å². The zero-order valence-corrected chi connectivity index (χ0v) is 15.9. The van der Waals surface area contributed by atoms with Crippen LogP contribution in [0.2, 0.25) is 0 Å². The van der Waals surface area contributed by atoms with Crippen LogP contribution in [0.4, 0.5) is 5.69 Å². The van der Waals surface area contributed by atoms with Crippen molar-refractivity contribution in [3.05, 3.63) is 50.9 Å². The topological polar surface area (TPSA) is 58.6 Å². The number of hydrogen-bond donors (Lipinski definition) is 2. The number of carbonyl (C=O) groups excluding carboxylic acids is 1. The van der Waals surface area contributed by atoms with Gasteiger partial charge in [-0.2, -0.15) is 0 Å². The Morgan fingerprint density at radius 3 is 2.52 bits per heavy atom. The highest BCUT2D eigenvalue weighted by Gasteiger charge is 2.11. The maximum atomic E-state index is 12.4. The van der Waals surface area contributed by atoms with E-state index < -0.39 is 0 Å². The van der Waals surface area contributed by atoms with Crippen molar-refractivity contribution in [1.82, 2.24) is 0 Å². The summed E-state index contributed by atoms with van der Waals surface area (Å²) in [7, 11) is 0. The number of phenolic OH excluding ortho intramolecular Hbond substituents is 1. The second-order valence-corrected chi connectivity index (χ2v) is 6.82.